The van der Waals surface area contributed by atoms with Crippen molar-refractivity contribution < 1.29 is 22.7 Å². The number of nitrogens with one attached hydrogen (secondary N) is 2. The van der Waals surface area contributed by atoms with Gasteiger partial charge in [-0.3, -0.25) is 9.59 Å². The zero-order chi connectivity index (χ0) is 25.3. The predicted octanol–water partition coefficient (Wildman–Crippen LogP) is 4.92. The van der Waals surface area contributed by atoms with Crippen LogP contribution in [0.15, 0.2) is 65.6 Å². The minimum Gasteiger partial charge on any atom is -0.497 e. The van der Waals surface area contributed by atoms with Gasteiger partial charge in [-0.15, -0.1) is 0 Å². The Kier molecular flexibility index (Phi) is 6.21. The number of alkyl halides is 3. The van der Waals surface area contributed by atoms with Crippen LogP contribution in [0.25, 0.3) is 22.0 Å². The Bertz CT molecular complexity index is 1500. The molecule has 0 aliphatic rings. The third-order valence-corrected chi connectivity index (χ3v) is 5.53. The van der Waals surface area contributed by atoms with Crippen LogP contribution in [-0.4, -0.2) is 29.6 Å². The molecule has 0 spiro atoms. The van der Waals surface area contributed by atoms with Crippen molar-refractivity contribution in [3.05, 3.63) is 82.3 Å². The molecular formula is C25H21F3N4O3. The Morgan fingerprint density at radius 3 is 2.54 bits per heavy atom. The van der Waals surface area contributed by atoms with Gasteiger partial charge in [0.05, 0.1) is 18.2 Å². The van der Waals surface area contributed by atoms with Gasteiger partial charge >= 0.3 is 6.18 Å². The van der Waals surface area contributed by atoms with E-state index in [2.05, 4.69) is 15.6 Å². The lowest BCUT2D eigenvalue weighted by molar-refractivity contribution is -0.137. The van der Waals surface area contributed by atoms with Crippen LogP contribution in [-0.2, 0) is 13.2 Å². The Balaban J connectivity index is 1.75. The van der Waals surface area contributed by atoms with Gasteiger partial charge in [-0.2, -0.15) is 13.2 Å². The van der Waals surface area contributed by atoms with Crippen molar-refractivity contribution in [1.29, 1.82) is 0 Å². The van der Waals surface area contributed by atoms with Crippen LogP contribution in [0.5, 0.6) is 5.75 Å². The SMILES string of the molecule is CNc1cc2c(cn1)cc(-c1cc(NC(=O)c3cccc(C(F)(F)F)c3)cc(OC)c1)c(=O)n2C. The van der Waals surface area contributed by atoms with E-state index in [9.17, 15) is 22.8 Å². The summed E-state index contributed by atoms with van der Waals surface area (Å²) in [4.78, 5) is 30.1. The van der Waals surface area contributed by atoms with Crippen molar-refractivity contribution in [3.8, 4) is 16.9 Å². The van der Waals surface area contributed by atoms with Crippen LogP contribution in [0.3, 0.4) is 0 Å². The van der Waals surface area contributed by atoms with Gasteiger partial charge in [0.25, 0.3) is 11.5 Å². The first-order chi connectivity index (χ1) is 16.6. The number of anilines is 2. The van der Waals surface area contributed by atoms with E-state index in [1.54, 1.807) is 44.6 Å². The molecule has 4 aromatic rings. The summed E-state index contributed by atoms with van der Waals surface area (Å²) in [5, 5.41) is 6.25. The number of benzene rings is 2. The Morgan fingerprint density at radius 2 is 1.86 bits per heavy atom. The van der Waals surface area contributed by atoms with Gasteiger partial charge in [-0.25, -0.2) is 4.98 Å². The minimum absolute atomic E-state index is 0.155. The van der Waals surface area contributed by atoms with Crippen molar-refractivity contribution in [3.63, 3.8) is 0 Å². The number of fused-ring (bicyclic) bond motifs is 1. The van der Waals surface area contributed by atoms with Gasteiger partial charge in [-0.05, 0) is 42.0 Å². The zero-order valence-electron chi connectivity index (χ0n) is 19.0. The summed E-state index contributed by atoms with van der Waals surface area (Å²) in [6.07, 6.45) is -2.93. The van der Waals surface area contributed by atoms with Crippen LogP contribution in [0.1, 0.15) is 15.9 Å². The molecule has 0 saturated heterocycles. The number of ether oxygens (including phenoxy) is 1. The summed E-state index contributed by atoms with van der Waals surface area (Å²) in [6, 6.07) is 12.3. The molecule has 1 amide bonds. The fraction of sp³-hybridized carbons (Fsp3) is 0.160. The van der Waals surface area contributed by atoms with Crippen molar-refractivity contribution in [2.45, 2.75) is 6.18 Å². The minimum atomic E-state index is -4.57. The number of carbonyl (C=O) groups is 1. The first-order valence-corrected chi connectivity index (χ1v) is 10.5. The van der Waals surface area contributed by atoms with Crippen molar-refractivity contribution in [1.82, 2.24) is 9.55 Å². The maximum absolute atomic E-state index is 13.2. The zero-order valence-corrected chi connectivity index (χ0v) is 19.0. The Morgan fingerprint density at radius 1 is 1.09 bits per heavy atom. The number of methoxy groups -OCH3 is 1. The lowest BCUT2D eigenvalue weighted by Gasteiger charge is -2.13. The molecule has 35 heavy (non-hydrogen) atoms. The van der Waals surface area contributed by atoms with Crippen LogP contribution >= 0.6 is 0 Å². The highest BCUT2D eigenvalue weighted by Crippen LogP contribution is 2.31. The second-order valence-corrected chi connectivity index (χ2v) is 7.78. The van der Waals surface area contributed by atoms with Crippen molar-refractivity contribution in [2.75, 3.05) is 24.8 Å². The summed E-state index contributed by atoms with van der Waals surface area (Å²) in [5.41, 5.74) is 0.376. The van der Waals surface area contributed by atoms with Gasteiger partial charge < -0.3 is 19.9 Å². The van der Waals surface area contributed by atoms with E-state index in [0.717, 1.165) is 17.5 Å². The van der Waals surface area contributed by atoms with Crippen molar-refractivity contribution in [2.24, 2.45) is 7.05 Å². The average Bonchev–Trinajstić information content (AvgIpc) is 2.85. The van der Waals surface area contributed by atoms with Crippen LogP contribution in [0.2, 0.25) is 0 Å². The van der Waals surface area contributed by atoms with E-state index in [0.29, 0.717) is 28.2 Å². The maximum Gasteiger partial charge on any atom is 0.416 e. The number of pyridine rings is 2. The first-order valence-electron chi connectivity index (χ1n) is 10.5. The maximum atomic E-state index is 13.2. The topological polar surface area (TPSA) is 85.2 Å². The van der Waals surface area contributed by atoms with Gasteiger partial charge in [-0.1, -0.05) is 6.07 Å². The third kappa shape index (κ3) is 4.81. The van der Waals surface area contributed by atoms with E-state index in [4.69, 9.17) is 4.74 Å². The molecule has 7 nitrogen and oxygen atoms in total. The monoisotopic (exact) mass is 482 g/mol. The highest BCUT2D eigenvalue weighted by atomic mass is 19.4. The number of aromatic nitrogens is 2. The first kappa shape index (κ1) is 23.8. The number of hydrogen-bond donors (Lipinski definition) is 2. The molecule has 0 unspecified atom stereocenters. The molecule has 2 aromatic carbocycles. The van der Waals surface area contributed by atoms with Crippen LogP contribution in [0.4, 0.5) is 24.7 Å². The molecule has 0 fully saturated rings. The second kappa shape index (κ2) is 9.13. The fourth-order valence-electron chi connectivity index (χ4n) is 3.69. The lowest BCUT2D eigenvalue weighted by atomic mass is 10.0. The smallest absolute Gasteiger partial charge is 0.416 e. The van der Waals surface area contributed by atoms with E-state index in [1.807, 2.05) is 0 Å². The molecule has 0 atom stereocenters. The van der Waals surface area contributed by atoms with Crippen LogP contribution < -0.4 is 20.9 Å². The Labute approximate surface area is 198 Å². The highest BCUT2D eigenvalue weighted by Gasteiger charge is 2.31. The summed E-state index contributed by atoms with van der Waals surface area (Å²) in [6.45, 7) is 0. The Hall–Kier alpha value is -4.34. The molecule has 2 aromatic heterocycles. The molecule has 180 valence electrons. The largest absolute Gasteiger partial charge is 0.497 e. The quantitative estimate of drug-likeness (QED) is 0.422. The summed E-state index contributed by atoms with van der Waals surface area (Å²) < 4.78 is 45.9. The molecule has 0 aliphatic heterocycles. The number of halogens is 3. The average molecular weight is 482 g/mol. The summed E-state index contributed by atoms with van der Waals surface area (Å²) in [5.74, 6) is 0.236. The van der Waals surface area contributed by atoms with Crippen LogP contribution in [0, 0.1) is 0 Å². The van der Waals surface area contributed by atoms with Gasteiger partial charge in [0, 0.05) is 54.6 Å². The number of nitrogens with zero attached hydrogens (tertiary/aromatic N) is 2. The normalized spacial score (nSPS) is 11.4. The standard InChI is InChI=1S/C25H21F3N4O3/c1-29-22-12-21-16(13-30-22)10-20(24(34)32(21)2)15-8-18(11-19(9-15)35-3)31-23(33)14-5-4-6-17(7-14)25(26,27)28/h4-13H,1-3H3,(H,29,30)(H,31,33). The summed E-state index contributed by atoms with van der Waals surface area (Å²) >= 11 is 0. The van der Waals surface area contributed by atoms with Gasteiger partial charge in [0.1, 0.15) is 11.6 Å². The van der Waals surface area contributed by atoms with Crippen molar-refractivity contribution >= 4 is 28.3 Å². The van der Waals surface area contributed by atoms with Gasteiger partial charge in [0.15, 0.2) is 0 Å². The van der Waals surface area contributed by atoms with E-state index < -0.39 is 17.6 Å². The molecule has 0 aliphatic carbocycles. The lowest BCUT2D eigenvalue weighted by Crippen LogP contribution is -2.19. The molecule has 0 bridgehead atoms. The van der Waals surface area contributed by atoms with E-state index >= 15 is 0 Å². The predicted molar refractivity (Wildman–Crippen MR) is 128 cm³/mol. The molecule has 10 heteroatoms. The summed E-state index contributed by atoms with van der Waals surface area (Å²) in [7, 11) is 4.80. The molecule has 0 radical (unpaired) electrons. The molecule has 4 rings (SSSR count). The number of rotatable bonds is 5. The molecule has 2 heterocycles. The molecule has 2 N–H and O–H groups in total. The third-order valence-electron chi connectivity index (χ3n) is 5.53. The number of aryl methyl sites for hydroxylation is 1. The molecule has 0 saturated carbocycles. The van der Waals surface area contributed by atoms with E-state index in [1.165, 1.54) is 29.9 Å². The number of carbonyl (C=O) groups excluding carboxylic acids is 1. The van der Waals surface area contributed by atoms with E-state index in [-0.39, 0.29) is 16.8 Å². The number of hydrogen-bond acceptors (Lipinski definition) is 5. The van der Waals surface area contributed by atoms with Gasteiger partial charge in [0.2, 0.25) is 0 Å². The number of amides is 1. The second-order valence-electron chi connectivity index (χ2n) is 7.78. The highest BCUT2D eigenvalue weighted by molar-refractivity contribution is 6.04. The molecular weight excluding hydrogens is 461 g/mol. The fourth-order valence-corrected chi connectivity index (χ4v) is 3.69.